The summed E-state index contributed by atoms with van der Waals surface area (Å²) in [5.74, 6) is 0.196. The Kier molecular flexibility index (Phi) is 5.43. The zero-order valence-electron chi connectivity index (χ0n) is 9.91. The van der Waals surface area contributed by atoms with Crippen LogP contribution < -0.4 is 5.32 Å². The second-order valence-corrected chi connectivity index (χ2v) is 4.19. The van der Waals surface area contributed by atoms with Gasteiger partial charge in [0.05, 0.1) is 6.61 Å². The van der Waals surface area contributed by atoms with Gasteiger partial charge in [-0.3, -0.25) is 0 Å². The molecule has 2 unspecified atom stereocenters. The van der Waals surface area contributed by atoms with Crippen LogP contribution in [0.5, 0.6) is 0 Å². The normalized spacial score (nSPS) is 14.8. The molecule has 1 rings (SSSR count). The smallest absolute Gasteiger partial charge is 0.123 e. The number of aliphatic hydroxyl groups is 1. The van der Waals surface area contributed by atoms with Crippen LogP contribution in [0, 0.1) is 11.7 Å². The molecule has 0 bridgehead atoms. The quantitative estimate of drug-likeness (QED) is 0.778. The molecule has 1 aromatic carbocycles. The molecule has 0 saturated carbocycles. The van der Waals surface area contributed by atoms with Gasteiger partial charge in [-0.1, -0.05) is 32.4 Å². The number of aliphatic hydroxyl groups excluding tert-OH is 1. The van der Waals surface area contributed by atoms with E-state index in [9.17, 15) is 9.50 Å². The first-order valence-electron chi connectivity index (χ1n) is 5.76. The summed E-state index contributed by atoms with van der Waals surface area (Å²) in [6.07, 6.45) is 1.02. The Bertz CT molecular complexity index is 317. The molecule has 0 heterocycles. The van der Waals surface area contributed by atoms with E-state index >= 15 is 0 Å². The molecule has 2 nitrogen and oxygen atoms in total. The molecule has 0 fully saturated rings. The molecule has 90 valence electrons. The minimum atomic E-state index is -0.219. The van der Waals surface area contributed by atoms with Gasteiger partial charge in [-0.15, -0.1) is 0 Å². The van der Waals surface area contributed by atoms with Crippen molar-refractivity contribution >= 4 is 0 Å². The van der Waals surface area contributed by atoms with Crippen LogP contribution in [-0.4, -0.2) is 17.8 Å². The molecule has 0 aromatic heterocycles. The first-order valence-corrected chi connectivity index (χ1v) is 5.76. The second kappa shape index (κ2) is 6.61. The molecule has 2 N–H and O–H groups in total. The van der Waals surface area contributed by atoms with Crippen LogP contribution in [0.25, 0.3) is 0 Å². The molecule has 3 heteroatoms. The molecule has 0 saturated heterocycles. The van der Waals surface area contributed by atoms with Gasteiger partial charge in [0.15, 0.2) is 0 Å². The highest BCUT2D eigenvalue weighted by molar-refractivity contribution is 5.16. The average Bonchev–Trinajstić information content (AvgIpc) is 2.29. The van der Waals surface area contributed by atoms with Crippen LogP contribution in [0.1, 0.15) is 25.8 Å². The lowest BCUT2D eigenvalue weighted by Crippen LogP contribution is -2.37. The van der Waals surface area contributed by atoms with Crippen LogP contribution in [0.2, 0.25) is 0 Å². The SMILES string of the molecule is CCC(C)C(CO)NCc1cccc(F)c1. The standard InChI is InChI=1S/C13H20FNO/c1-3-10(2)13(9-16)15-8-11-5-4-6-12(14)7-11/h4-7,10,13,15-16H,3,8-9H2,1-2H3. The third-order valence-corrected chi connectivity index (χ3v) is 2.98. The van der Waals surface area contributed by atoms with Crippen molar-refractivity contribution in [3.05, 3.63) is 35.6 Å². The van der Waals surface area contributed by atoms with Crippen LogP contribution in [0.3, 0.4) is 0 Å². The Morgan fingerprint density at radius 3 is 2.75 bits per heavy atom. The van der Waals surface area contributed by atoms with Gasteiger partial charge >= 0.3 is 0 Å². The Morgan fingerprint density at radius 2 is 2.19 bits per heavy atom. The summed E-state index contributed by atoms with van der Waals surface area (Å²) in [7, 11) is 0. The number of hydrogen-bond acceptors (Lipinski definition) is 2. The fourth-order valence-electron chi connectivity index (χ4n) is 1.63. The molecule has 0 aliphatic rings. The topological polar surface area (TPSA) is 32.3 Å². The van der Waals surface area contributed by atoms with Crippen LogP contribution in [-0.2, 0) is 6.54 Å². The highest BCUT2D eigenvalue weighted by atomic mass is 19.1. The van der Waals surface area contributed by atoms with Crippen molar-refractivity contribution < 1.29 is 9.50 Å². The first-order chi connectivity index (χ1) is 7.67. The van der Waals surface area contributed by atoms with Crippen molar-refractivity contribution in [1.29, 1.82) is 0 Å². The highest BCUT2D eigenvalue weighted by Gasteiger charge is 2.13. The first kappa shape index (κ1) is 13.1. The van der Waals surface area contributed by atoms with Gasteiger partial charge < -0.3 is 10.4 Å². The van der Waals surface area contributed by atoms with Gasteiger partial charge in [0.2, 0.25) is 0 Å². The third-order valence-electron chi connectivity index (χ3n) is 2.98. The van der Waals surface area contributed by atoms with Crippen molar-refractivity contribution in [2.75, 3.05) is 6.61 Å². The summed E-state index contributed by atoms with van der Waals surface area (Å²) in [6.45, 7) is 4.90. The summed E-state index contributed by atoms with van der Waals surface area (Å²) in [4.78, 5) is 0. The van der Waals surface area contributed by atoms with Gasteiger partial charge in [0.1, 0.15) is 5.82 Å². The number of rotatable bonds is 6. The van der Waals surface area contributed by atoms with Gasteiger partial charge in [-0.25, -0.2) is 4.39 Å². The molecule has 0 aliphatic heterocycles. The maximum absolute atomic E-state index is 12.9. The highest BCUT2D eigenvalue weighted by Crippen LogP contribution is 2.09. The summed E-state index contributed by atoms with van der Waals surface area (Å²) in [5, 5.41) is 12.5. The van der Waals surface area contributed by atoms with Crippen molar-refractivity contribution in [3.63, 3.8) is 0 Å². The molecular weight excluding hydrogens is 205 g/mol. The van der Waals surface area contributed by atoms with E-state index in [-0.39, 0.29) is 18.5 Å². The Balaban J connectivity index is 2.49. The number of benzene rings is 1. The third kappa shape index (κ3) is 3.91. The minimum absolute atomic E-state index is 0.0771. The van der Waals surface area contributed by atoms with Gasteiger partial charge in [0, 0.05) is 12.6 Å². The van der Waals surface area contributed by atoms with Crippen molar-refractivity contribution in [2.45, 2.75) is 32.9 Å². The summed E-state index contributed by atoms with van der Waals surface area (Å²) in [5.41, 5.74) is 0.904. The lowest BCUT2D eigenvalue weighted by Gasteiger charge is -2.22. The van der Waals surface area contributed by atoms with E-state index in [0.717, 1.165) is 12.0 Å². The lowest BCUT2D eigenvalue weighted by molar-refractivity contribution is 0.201. The maximum atomic E-state index is 12.9. The number of halogens is 1. The molecule has 1 aromatic rings. The fraction of sp³-hybridized carbons (Fsp3) is 0.538. The molecule has 0 spiro atoms. The van der Waals surface area contributed by atoms with E-state index in [1.54, 1.807) is 6.07 Å². The molecular formula is C13H20FNO. The van der Waals surface area contributed by atoms with Crippen molar-refractivity contribution in [3.8, 4) is 0 Å². The molecule has 0 aliphatic carbocycles. The van der Waals surface area contributed by atoms with E-state index < -0.39 is 0 Å². The van der Waals surface area contributed by atoms with Crippen LogP contribution in [0.4, 0.5) is 4.39 Å². The largest absolute Gasteiger partial charge is 0.395 e. The summed E-state index contributed by atoms with van der Waals surface area (Å²) in [6, 6.07) is 6.60. The van der Waals surface area contributed by atoms with Gasteiger partial charge in [-0.05, 0) is 23.6 Å². The van der Waals surface area contributed by atoms with Crippen molar-refractivity contribution in [2.24, 2.45) is 5.92 Å². The predicted molar refractivity (Wildman–Crippen MR) is 63.6 cm³/mol. The van der Waals surface area contributed by atoms with E-state index in [1.807, 2.05) is 6.07 Å². The van der Waals surface area contributed by atoms with E-state index in [1.165, 1.54) is 12.1 Å². The van der Waals surface area contributed by atoms with E-state index in [0.29, 0.717) is 12.5 Å². The van der Waals surface area contributed by atoms with E-state index in [2.05, 4.69) is 19.2 Å². The number of hydrogen-bond donors (Lipinski definition) is 2. The predicted octanol–water partition coefficient (Wildman–Crippen LogP) is 2.32. The van der Waals surface area contributed by atoms with Gasteiger partial charge in [-0.2, -0.15) is 0 Å². The van der Waals surface area contributed by atoms with Gasteiger partial charge in [0.25, 0.3) is 0 Å². The lowest BCUT2D eigenvalue weighted by atomic mass is 9.99. The fourth-order valence-corrected chi connectivity index (χ4v) is 1.63. The van der Waals surface area contributed by atoms with E-state index in [4.69, 9.17) is 0 Å². The minimum Gasteiger partial charge on any atom is -0.395 e. The average molecular weight is 225 g/mol. The monoisotopic (exact) mass is 225 g/mol. The molecule has 0 amide bonds. The molecule has 16 heavy (non-hydrogen) atoms. The molecule has 0 radical (unpaired) electrons. The number of nitrogens with one attached hydrogen (secondary N) is 1. The zero-order valence-corrected chi connectivity index (χ0v) is 9.91. The second-order valence-electron chi connectivity index (χ2n) is 4.19. The Labute approximate surface area is 96.5 Å². The Morgan fingerprint density at radius 1 is 1.44 bits per heavy atom. The zero-order chi connectivity index (χ0) is 12.0. The maximum Gasteiger partial charge on any atom is 0.123 e. The van der Waals surface area contributed by atoms with Crippen LogP contribution in [0.15, 0.2) is 24.3 Å². The molecule has 2 atom stereocenters. The summed E-state index contributed by atoms with van der Waals surface area (Å²) >= 11 is 0. The van der Waals surface area contributed by atoms with Crippen LogP contribution >= 0.6 is 0 Å². The Hall–Kier alpha value is -0.930. The summed E-state index contributed by atoms with van der Waals surface area (Å²) < 4.78 is 12.9. The van der Waals surface area contributed by atoms with Crippen molar-refractivity contribution in [1.82, 2.24) is 5.32 Å².